The van der Waals surface area contributed by atoms with Crippen molar-refractivity contribution in [1.82, 2.24) is 5.32 Å². The van der Waals surface area contributed by atoms with Crippen LogP contribution >= 0.6 is 0 Å². The minimum Gasteiger partial charge on any atom is -0.462 e. The zero-order valence-electron chi connectivity index (χ0n) is 8.77. The average Bonchev–Trinajstić information content (AvgIpc) is 2.14. The maximum atomic E-state index is 13.0. The molecular formula is C9H17F2NO2. The normalized spacial score (nSPS) is 13.8. The van der Waals surface area contributed by atoms with E-state index in [0.29, 0.717) is 0 Å². The quantitative estimate of drug-likeness (QED) is 0.675. The summed E-state index contributed by atoms with van der Waals surface area (Å²) in [4.78, 5) is 10.8. The van der Waals surface area contributed by atoms with Crippen LogP contribution in [0.3, 0.4) is 0 Å². The molecule has 1 N–H and O–H groups in total. The SMILES string of the molecule is CCOC(=O)C(F)(F)CNC(C)CC. The standard InChI is InChI=1S/C9H17F2NO2/c1-4-7(3)12-6-9(10,11)8(13)14-5-2/h7,12H,4-6H2,1-3H3. The second kappa shape index (κ2) is 5.90. The van der Waals surface area contributed by atoms with Crippen LogP contribution in [0.1, 0.15) is 27.2 Å². The number of carbonyl (C=O) groups excluding carboxylic acids is 1. The molecule has 0 aromatic carbocycles. The van der Waals surface area contributed by atoms with E-state index in [4.69, 9.17) is 0 Å². The molecule has 0 heterocycles. The summed E-state index contributed by atoms with van der Waals surface area (Å²) in [5.74, 6) is -4.89. The smallest absolute Gasteiger partial charge is 0.378 e. The average molecular weight is 209 g/mol. The van der Waals surface area contributed by atoms with Gasteiger partial charge in [-0.15, -0.1) is 0 Å². The van der Waals surface area contributed by atoms with Gasteiger partial charge in [-0.25, -0.2) is 4.79 Å². The summed E-state index contributed by atoms with van der Waals surface area (Å²) < 4.78 is 30.2. The number of ether oxygens (including phenoxy) is 1. The van der Waals surface area contributed by atoms with E-state index in [2.05, 4.69) is 10.1 Å². The number of carbonyl (C=O) groups is 1. The molecule has 0 saturated heterocycles. The number of alkyl halides is 2. The van der Waals surface area contributed by atoms with E-state index in [-0.39, 0.29) is 12.6 Å². The number of halogens is 2. The van der Waals surface area contributed by atoms with E-state index in [1.54, 1.807) is 6.92 Å². The Labute approximate surface area is 82.8 Å². The van der Waals surface area contributed by atoms with Crippen LogP contribution in [0.2, 0.25) is 0 Å². The molecule has 0 spiro atoms. The minimum atomic E-state index is -3.43. The molecule has 14 heavy (non-hydrogen) atoms. The van der Waals surface area contributed by atoms with Gasteiger partial charge in [-0.05, 0) is 20.3 Å². The summed E-state index contributed by atoms with van der Waals surface area (Å²) in [5.41, 5.74) is 0. The molecule has 0 aromatic heterocycles. The van der Waals surface area contributed by atoms with Crippen LogP contribution in [0.5, 0.6) is 0 Å². The van der Waals surface area contributed by atoms with Gasteiger partial charge in [0, 0.05) is 6.04 Å². The van der Waals surface area contributed by atoms with Crippen LogP contribution in [0, 0.1) is 0 Å². The summed E-state index contributed by atoms with van der Waals surface area (Å²) >= 11 is 0. The third kappa shape index (κ3) is 4.50. The van der Waals surface area contributed by atoms with Crippen LogP contribution < -0.4 is 5.32 Å². The maximum Gasteiger partial charge on any atom is 0.378 e. The highest BCUT2D eigenvalue weighted by atomic mass is 19.3. The zero-order valence-corrected chi connectivity index (χ0v) is 8.77. The molecule has 0 amide bonds. The Bertz CT molecular complexity index is 186. The van der Waals surface area contributed by atoms with Gasteiger partial charge in [-0.2, -0.15) is 8.78 Å². The highest BCUT2D eigenvalue weighted by Crippen LogP contribution is 2.14. The molecule has 0 aliphatic rings. The molecule has 1 unspecified atom stereocenters. The van der Waals surface area contributed by atoms with Crippen molar-refractivity contribution in [3.8, 4) is 0 Å². The number of hydrogen-bond acceptors (Lipinski definition) is 3. The molecule has 0 aromatic rings. The van der Waals surface area contributed by atoms with Gasteiger partial charge >= 0.3 is 11.9 Å². The predicted octanol–water partition coefficient (Wildman–Crippen LogP) is 1.57. The van der Waals surface area contributed by atoms with Crippen LogP contribution in [0.4, 0.5) is 8.78 Å². The fraction of sp³-hybridized carbons (Fsp3) is 0.889. The first-order valence-corrected chi connectivity index (χ1v) is 4.72. The van der Waals surface area contributed by atoms with E-state index in [1.165, 1.54) is 6.92 Å². The van der Waals surface area contributed by atoms with Crippen LogP contribution in [0.25, 0.3) is 0 Å². The van der Waals surface area contributed by atoms with Crippen LogP contribution in [-0.2, 0) is 9.53 Å². The van der Waals surface area contributed by atoms with Crippen molar-refractivity contribution < 1.29 is 18.3 Å². The molecule has 84 valence electrons. The lowest BCUT2D eigenvalue weighted by Gasteiger charge is -2.18. The van der Waals surface area contributed by atoms with Crippen molar-refractivity contribution in [2.75, 3.05) is 13.2 Å². The zero-order chi connectivity index (χ0) is 11.2. The molecule has 0 radical (unpaired) electrons. The van der Waals surface area contributed by atoms with Gasteiger partial charge in [-0.3, -0.25) is 0 Å². The Kier molecular flexibility index (Phi) is 5.60. The third-order valence-corrected chi connectivity index (χ3v) is 1.86. The van der Waals surface area contributed by atoms with E-state index in [9.17, 15) is 13.6 Å². The first-order valence-electron chi connectivity index (χ1n) is 4.72. The van der Waals surface area contributed by atoms with E-state index >= 15 is 0 Å². The lowest BCUT2D eigenvalue weighted by molar-refractivity contribution is -0.170. The third-order valence-electron chi connectivity index (χ3n) is 1.86. The van der Waals surface area contributed by atoms with Gasteiger partial charge in [-0.1, -0.05) is 6.92 Å². The molecule has 5 heteroatoms. The molecule has 0 saturated carbocycles. The van der Waals surface area contributed by atoms with Gasteiger partial charge in [0.1, 0.15) is 0 Å². The van der Waals surface area contributed by atoms with Crippen molar-refractivity contribution in [2.45, 2.75) is 39.2 Å². The Morgan fingerprint density at radius 1 is 1.50 bits per heavy atom. The molecule has 0 aliphatic carbocycles. The molecule has 0 aliphatic heterocycles. The van der Waals surface area contributed by atoms with Crippen LogP contribution in [-0.4, -0.2) is 31.1 Å². The second-order valence-corrected chi connectivity index (χ2v) is 3.12. The number of nitrogens with one attached hydrogen (secondary N) is 1. The van der Waals surface area contributed by atoms with Crippen molar-refractivity contribution >= 4 is 5.97 Å². The first kappa shape index (κ1) is 13.3. The van der Waals surface area contributed by atoms with Gasteiger partial charge in [0.05, 0.1) is 13.2 Å². The molecular weight excluding hydrogens is 192 g/mol. The molecule has 0 bridgehead atoms. The van der Waals surface area contributed by atoms with Crippen molar-refractivity contribution in [3.63, 3.8) is 0 Å². The molecule has 0 fully saturated rings. The molecule has 3 nitrogen and oxygen atoms in total. The minimum absolute atomic E-state index is 0.0300. The summed E-state index contributed by atoms with van der Waals surface area (Å²) in [6.45, 7) is 4.45. The van der Waals surface area contributed by atoms with Gasteiger partial charge < -0.3 is 10.1 Å². The first-order chi connectivity index (χ1) is 6.44. The summed E-state index contributed by atoms with van der Waals surface area (Å²) in [6, 6.07) is -0.0321. The second-order valence-electron chi connectivity index (χ2n) is 3.12. The van der Waals surface area contributed by atoms with Crippen molar-refractivity contribution in [2.24, 2.45) is 0 Å². The van der Waals surface area contributed by atoms with E-state index in [1.807, 2.05) is 6.92 Å². The van der Waals surface area contributed by atoms with Gasteiger partial charge in [0.15, 0.2) is 0 Å². The Morgan fingerprint density at radius 2 is 2.07 bits per heavy atom. The molecule has 1 atom stereocenters. The van der Waals surface area contributed by atoms with Crippen LogP contribution in [0.15, 0.2) is 0 Å². The lowest BCUT2D eigenvalue weighted by Crippen LogP contribution is -2.43. The summed E-state index contributed by atoms with van der Waals surface area (Å²) in [7, 11) is 0. The fourth-order valence-electron chi connectivity index (χ4n) is 0.756. The Hall–Kier alpha value is -0.710. The molecule has 0 rings (SSSR count). The van der Waals surface area contributed by atoms with Gasteiger partial charge in [0.2, 0.25) is 0 Å². The topological polar surface area (TPSA) is 38.3 Å². The fourth-order valence-corrected chi connectivity index (χ4v) is 0.756. The largest absolute Gasteiger partial charge is 0.462 e. The van der Waals surface area contributed by atoms with E-state index in [0.717, 1.165) is 6.42 Å². The lowest BCUT2D eigenvalue weighted by atomic mass is 10.2. The summed E-state index contributed by atoms with van der Waals surface area (Å²) in [5, 5.41) is 2.56. The maximum absolute atomic E-state index is 13.0. The van der Waals surface area contributed by atoms with Crippen molar-refractivity contribution in [3.05, 3.63) is 0 Å². The number of esters is 1. The highest BCUT2D eigenvalue weighted by molar-refractivity contribution is 5.77. The number of rotatable bonds is 6. The van der Waals surface area contributed by atoms with Crippen molar-refractivity contribution in [1.29, 1.82) is 0 Å². The van der Waals surface area contributed by atoms with Gasteiger partial charge in [0.25, 0.3) is 0 Å². The Morgan fingerprint density at radius 3 is 2.50 bits per heavy atom. The Balaban J connectivity index is 3.99. The predicted molar refractivity (Wildman–Crippen MR) is 49.3 cm³/mol. The summed E-state index contributed by atoms with van der Waals surface area (Å²) in [6.07, 6.45) is 0.735. The number of hydrogen-bond donors (Lipinski definition) is 1. The highest BCUT2D eigenvalue weighted by Gasteiger charge is 2.40. The monoisotopic (exact) mass is 209 g/mol. The van der Waals surface area contributed by atoms with E-state index < -0.39 is 18.4 Å².